The molecule has 1 aliphatic carbocycles. The molecule has 0 amide bonds. The second-order valence-electron chi connectivity index (χ2n) is 6.12. The summed E-state index contributed by atoms with van der Waals surface area (Å²) in [5.74, 6) is -0.0514. The van der Waals surface area contributed by atoms with Crippen molar-refractivity contribution in [3.63, 3.8) is 0 Å². The minimum Gasteiger partial charge on any atom is -0.465 e. The van der Waals surface area contributed by atoms with Gasteiger partial charge in [-0.15, -0.1) is 0 Å². The zero-order valence-electron chi connectivity index (χ0n) is 14.4. The number of hydrogen-bond acceptors (Lipinski definition) is 4. The summed E-state index contributed by atoms with van der Waals surface area (Å²) in [7, 11) is 0. The van der Waals surface area contributed by atoms with E-state index >= 15 is 0 Å². The highest BCUT2D eigenvalue weighted by Crippen LogP contribution is 2.32. The second-order valence-corrected chi connectivity index (χ2v) is 6.12. The monoisotopic (exact) mass is 298 g/mol. The van der Waals surface area contributed by atoms with Crippen LogP contribution in [0.5, 0.6) is 0 Å². The van der Waals surface area contributed by atoms with E-state index in [4.69, 9.17) is 4.74 Å². The van der Waals surface area contributed by atoms with E-state index in [0.29, 0.717) is 12.6 Å². The SMILES string of the molecule is CCCN(CCC)C1CCCC(NCC)(C(=O)OCC)C1. The van der Waals surface area contributed by atoms with Crippen molar-refractivity contribution in [2.24, 2.45) is 0 Å². The van der Waals surface area contributed by atoms with E-state index in [0.717, 1.165) is 38.9 Å². The molecule has 0 aliphatic heterocycles. The zero-order valence-corrected chi connectivity index (χ0v) is 14.4. The lowest BCUT2D eigenvalue weighted by Gasteiger charge is -2.43. The van der Waals surface area contributed by atoms with E-state index in [9.17, 15) is 4.79 Å². The second kappa shape index (κ2) is 9.42. The number of hydrogen-bond donors (Lipinski definition) is 1. The molecule has 1 N–H and O–H groups in total. The van der Waals surface area contributed by atoms with Gasteiger partial charge in [-0.2, -0.15) is 0 Å². The van der Waals surface area contributed by atoms with Crippen molar-refractivity contribution in [1.29, 1.82) is 0 Å². The Hall–Kier alpha value is -0.610. The first-order valence-corrected chi connectivity index (χ1v) is 8.79. The Labute approximate surface area is 130 Å². The summed E-state index contributed by atoms with van der Waals surface area (Å²) in [5, 5.41) is 3.45. The average molecular weight is 298 g/mol. The lowest BCUT2D eigenvalue weighted by molar-refractivity contribution is -0.154. The molecule has 124 valence electrons. The van der Waals surface area contributed by atoms with E-state index in [1.807, 2.05) is 6.92 Å². The Balaban J connectivity index is 2.83. The van der Waals surface area contributed by atoms with Crippen LogP contribution in [0.15, 0.2) is 0 Å². The van der Waals surface area contributed by atoms with Gasteiger partial charge in [-0.25, -0.2) is 0 Å². The highest BCUT2D eigenvalue weighted by molar-refractivity contribution is 5.81. The van der Waals surface area contributed by atoms with Crippen LogP contribution < -0.4 is 5.32 Å². The largest absolute Gasteiger partial charge is 0.465 e. The van der Waals surface area contributed by atoms with Gasteiger partial charge in [-0.1, -0.05) is 20.8 Å². The summed E-state index contributed by atoms with van der Waals surface area (Å²) in [6.07, 6.45) is 6.43. The molecular weight excluding hydrogens is 264 g/mol. The van der Waals surface area contributed by atoms with Gasteiger partial charge in [0.05, 0.1) is 6.61 Å². The van der Waals surface area contributed by atoms with Crippen LogP contribution in [0.1, 0.15) is 66.2 Å². The first-order chi connectivity index (χ1) is 10.1. The van der Waals surface area contributed by atoms with Gasteiger partial charge in [0.25, 0.3) is 0 Å². The van der Waals surface area contributed by atoms with Crippen LogP contribution in [-0.4, -0.2) is 48.7 Å². The van der Waals surface area contributed by atoms with Crippen LogP contribution in [-0.2, 0) is 9.53 Å². The van der Waals surface area contributed by atoms with Crippen LogP contribution in [0.25, 0.3) is 0 Å². The number of esters is 1. The smallest absolute Gasteiger partial charge is 0.326 e. The molecule has 21 heavy (non-hydrogen) atoms. The fraction of sp³-hybridized carbons (Fsp3) is 0.941. The standard InChI is InChI=1S/C17H34N2O2/c1-5-12-19(13-6-2)15-10-9-11-17(14-15,18-7-3)16(20)21-8-4/h15,18H,5-14H2,1-4H3. The molecule has 0 heterocycles. The predicted molar refractivity (Wildman–Crippen MR) is 87.5 cm³/mol. The highest BCUT2D eigenvalue weighted by atomic mass is 16.5. The van der Waals surface area contributed by atoms with Crippen molar-refractivity contribution in [3.05, 3.63) is 0 Å². The van der Waals surface area contributed by atoms with Gasteiger partial charge in [0.15, 0.2) is 0 Å². The van der Waals surface area contributed by atoms with Gasteiger partial charge < -0.3 is 15.0 Å². The summed E-state index contributed by atoms with van der Waals surface area (Å²) in [6.45, 7) is 12.0. The first kappa shape index (κ1) is 18.4. The topological polar surface area (TPSA) is 41.6 Å². The molecule has 2 atom stereocenters. The fourth-order valence-electron chi connectivity index (χ4n) is 3.63. The number of rotatable bonds is 9. The van der Waals surface area contributed by atoms with Crippen LogP contribution in [0.2, 0.25) is 0 Å². The summed E-state index contributed by atoms with van der Waals surface area (Å²) in [4.78, 5) is 15.1. The maximum atomic E-state index is 12.5. The van der Waals surface area contributed by atoms with Crippen molar-refractivity contribution in [1.82, 2.24) is 10.2 Å². The normalized spacial score (nSPS) is 26.0. The van der Waals surface area contributed by atoms with Gasteiger partial charge in [0.1, 0.15) is 5.54 Å². The van der Waals surface area contributed by atoms with E-state index in [1.165, 1.54) is 19.3 Å². The molecule has 0 aromatic carbocycles. The maximum Gasteiger partial charge on any atom is 0.326 e. The predicted octanol–water partition coefficient (Wildman–Crippen LogP) is 2.96. The number of carbonyl (C=O) groups excluding carboxylic acids is 1. The molecule has 0 aromatic rings. The Morgan fingerprint density at radius 1 is 1.24 bits per heavy atom. The lowest BCUT2D eigenvalue weighted by atomic mass is 9.78. The number of nitrogens with zero attached hydrogens (tertiary/aromatic N) is 1. The van der Waals surface area contributed by atoms with Crippen molar-refractivity contribution >= 4 is 5.97 Å². The van der Waals surface area contributed by atoms with Crippen molar-refractivity contribution in [2.45, 2.75) is 77.8 Å². The van der Waals surface area contributed by atoms with Crippen LogP contribution in [0.3, 0.4) is 0 Å². The quantitative estimate of drug-likeness (QED) is 0.665. The van der Waals surface area contributed by atoms with Crippen LogP contribution in [0, 0.1) is 0 Å². The van der Waals surface area contributed by atoms with Crippen LogP contribution >= 0.6 is 0 Å². The molecule has 0 bridgehead atoms. The van der Waals surface area contributed by atoms with Gasteiger partial charge in [-0.05, 0) is 65.1 Å². The molecule has 2 unspecified atom stereocenters. The van der Waals surface area contributed by atoms with Crippen molar-refractivity contribution < 1.29 is 9.53 Å². The maximum absolute atomic E-state index is 12.5. The van der Waals surface area contributed by atoms with Gasteiger partial charge in [-0.3, -0.25) is 4.79 Å². The minimum atomic E-state index is -0.465. The molecule has 0 saturated heterocycles. The molecule has 1 rings (SSSR count). The van der Waals surface area contributed by atoms with E-state index in [-0.39, 0.29) is 5.97 Å². The fourth-order valence-corrected chi connectivity index (χ4v) is 3.63. The van der Waals surface area contributed by atoms with Crippen molar-refractivity contribution in [2.75, 3.05) is 26.2 Å². The molecule has 1 fully saturated rings. The summed E-state index contributed by atoms with van der Waals surface area (Å²) in [6, 6.07) is 0.502. The van der Waals surface area contributed by atoms with E-state index < -0.39 is 5.54 Å². The Morgan fingerprint density at radius 3 is 2.43 bits per heavy atom. The first-order valence-electron chi connectivity index (χ1n) is 8.79. The summed E-state index contributed by atoms with van der Waals surface area (Å²) in [5.41, 5.74) is -0.465. The average Bonchev–Trinajstić information content (AvgIpc) is 2.48. The summed E-state index contributed by atoms with van der Waals surface area (Å²) < 4.78 is 5.37. The molecular formula is C17H34N2O2. The molecule has 1 aliphatic rings. The third-order valence-electron chi connectivity index (χ3n) is 4.44. The number of nitrogens with one attached hydrogen (secondary N) is 1. The lowest BCUT2D eigenvalue weighted by Crippen LogP contribution is -2.59. The van der Waals surface area contributed by atoms with Crippen molar-refractivity contribution in [3.8, 4) is 0 Å². The molecule has 0 spiro atoms. The third-order valence-corrected chi connectivity index (χ3v) is 4.44. The Kier molecular flexibility index (Phi) is 8.27. The Morgan fingerprint density at radius 2 is 1.90 bits per heavy atom. The van der Waals surface area contributed by atoms with Crippen LogP contribution in [0.4, 0.5) is 0 Å². The zero-order chi connectivity index (χ0) is 15.7. The molecule has 0 aromatic heterocycles. The molecule has 4 nitrogen and oxygen atoms in total. The minimum absolute atomic E-state index is 0.0514. The number of carbonyl (C=O) groups is 1. The molecule has 4 heteroatoms. The Bertz CT molecular complexity index is 299. The van der Waals surface area contributed by atoms with E-state index in [2.05, 4.69) is 31.0 Å². The number of likely N-dealkylation sites (N-methyl/N-ethyl adjacent to an activating group) is 1. The number of ether oxygens (including phenoxy) is 1. The van der Waals surface area contributed by atoms with E-state index in [1.54, 1.807) is 0 Å². The highest BCUT2D eigenvalue weighted by Gasteiger charge is 2.44. The molecule has 0 radical (unpaired) electrons. The van der Waals surface area contributed by atoms with Gasteiger partial charge in [0, 0.05) is 6.04 Å². The molecule has 1 saturated carbocycles. The third kappa shape index (κ3) is 4.96. The van der Waals surface area contributed by atoms with Gasteiger partial charge in [0.2, 0.25) is 0 Å². The van der Waals surface area contributed by atoms with Gasteiger partial charge >= 0.3 is 5.97 Å². The summed E-state index contributed by atoms with van der Waals surface area (Å²) >= 11 is 0.